The van der Waals surface area contributed by atoms with Gasteiger partial charge in [0, 0.05) is 37.4 Å². The molecule has 1 aliphatic heterocycles. The van der Waals surface area contributed by atoms with Crippen LogP contribution in [0.15, 0.2) is 41.3 Å². The van der Waals surface area contributed by atoms with Gasteiger partial charge in [-0.2, -0.15) is 4.31 Å². The Kier molecular flexibility index (Phi) is 6.03. The molecule has 5 nitrogen and oxygen atoms in total. The van der Waals surface area contributed by atoms with E-state index in [-0.39, 0.29) is 25.7 Å². The van der Waals surface area contributed by atoms with Crippen molar-refractivity contribution in [3.05, 3.63) is 57.0 Å². The Morgan fingerprint density at radius 1 is 0.889 bits per heavy atom. The molecule has 0 aliphatic carbocycles. The highest BCUT2D eigenvalue weighted by molar-refractivity contribution is 7.89. The van der Waals surface area contributed by atoms with E-state index >= 15 is 0 Å². The monoisotopic (exact) mass is 446 g/mol. The van der Waals surface area contributed by atoms with Gasteiger partial charge in [-0.25, -0.2) is 8.42 Å². The van der Waals surface area contributed by atoms with Crippen LogP contribution in [-0.2, 0) is 10.0 Å². The molecular weight excluding hydrogens is 431 g/mol. The van der Waals surface area contributed by atoms with E-state index in [1.807, 2.05) is 12.1 Å². The van der Waals surface area contributed by atoms with Crippen LogP contribution in [0.2, 0.25) is 15.1 Å². The second-order valence-electron chi connectivity index (χ2n) is 6.19. The van der Waals surface area contributed by atoms with E-state index in [0.717, 1.165) is 5.69 Å². The van der Waals surface area contributed by atoms with Gasteiger partial charge in [-0.1, -0.05) is 34.8 Å². The fraction of sp³-hybridized carbons (Fsp3) is 0.278. The molecule has 9 heteroatoms. The zero-order chi connectivity index (χ0) is 19.8. The van der Waals surface area contributed by atoms with Crippen molar-refractivity contribution >= 4 is 56.3 Å². The Labute approximate surface area is 173 Å². The SMILES string of the molecule is CC(=O)c1ccc(N2CCN(S(=O)(=O)c3cc(Cl)c(Cl)cc3Cl)CC2)cc1. The molecule has 0 amide bonds. The first-order valence-electron chi connectivity index (χ1n) is 8.21. The molecule has 1 saturated heterocycles. The molecule has 0 N–H and O–H groups in total. The third kappa shape index (κ3) is 4.25. The van der Waals surface area contributed by atoms with Crippen LogP contribution < -0.4 is 4.90 Å². The maximum absolute atomic E-state index is 12.9. The summed E-state index contributed by atoms with van der Waals surface area (Å²) in [7, 11) is -3.77. The number of nitrogens with zero attached hydrogens (tertiary/aromatic N) is 2. The summed E-state index contributed by atoms with van der Waals surface area (Å²) in [5, 5.41) is 0.398. The van der Waals surface area contributed by atoms with E-state index in [1.165, 1.54) is 23.4 Å². The Morgan fingerprint density at radius 3 is 2.00 bits per heavy atom. The van der Waals surface area contributed by atoms with Crippen LogP contribution in [0.4, 0.5) is 5.69 Å². The molecule has 0 aromatic heterocycles. The molecule has 2 aromatic carbocycles. The van der Waals surface area contributed by atoms with Gasteiger partial charge in [0.05, 0.1) is 15.1 Å². The molecule has 1 fully saturated rings. The molecule has 1 heterocycles. The van der Waals surface area contributed by atoms with Gasteiger partial charge >= 0.3 is 0 Å². The second-order valence-corrected chi connectivity index (χ2v) is 9.32. The van der Waals surface area contributed by atoms with Gasteiger partial charge in [-0.05, 0) is 43.3 Å². The molecule has 0 spiro atoms. The number of hydrogen-bond acceptors (Lipinski definition) is 4. The Hall–Kier alpha value is -1.31. The van der Waals surface area contributed by atoms with Crippen molar-refractivity contribution in [1.29, 1.82) is 0 Å². The third-order valence-corrected chi connectivity index (χ3v) is 7.56. The number of rotatable bonds is 4. The third-order valence-electron chi connectivity index (χ3n) is 4.47. The van der Waals surface area contributed by atoms with Crippen LogP contribution in [0.5, 0.6) is 0 Å². The van der Waals surface area contributed by atoms with Gasteiger partial charge < -0.3 is 4.90 Å². The van der Waals surface area contributed by atoms with E-state index in [0.29, 0.717) is 31.7 Å². The number of Topliss-reactive ketones (excluding diaryl/α,β-unsaturated/α-hetero) is 1. The van der Waals surface area contributed by atoms with Gasteiger partial charge in [-0.3, -0.25) is 4.79 Å². The predicted octanol–water partition coefficient (Wildman–Crippen LogP) is 4.36. The fourth-order valence-corrected chi connectivity index (χ4v) is 5.33. The number of sulfonamides is 1. The Balaban J connectivity index is 1.75. The zero-order valence-corrected chi connectivity index (χ0v) is 17.5. The number of carbonyl (C=O) groups excluding carboxylic acids is 1. The second kappa shape index (κ2) is 7.97. The van der Waals surface area contributed by atoms with Crippen LogP contribution >= 0.6 is 34.8 Å². The average Bonchev–Trinajstić information content (AvgIpc) is 2.64. The van der Waals surface area contributed by atoms with Crippen molar-refractivity contribution in [3.8, 4) is 0 Å². The van der Waals surface area contributed by atoms with Gasteiger partial charge in [0.1, 0.15) is 4.90 Å². The summed E-state index contributed by atoms with van der Waals surface area (Å²) in [6, 6.07) is 9.92. The van der Waals surface area contributed by atoms with Crippen molar-refractivity contribution in [2.45, 2.75) is 11.8 Å². The molecule has 0 radical (unpaired) electrons. The highest BCUT2D eigenvalue weighted by Gasteiger charge is 2.30. The lowest BCUT2D eigenvalue weighted by molar-refractivity contribution is 0.101. The van der Waals surface area contributed by atoms with Gasteiger partial charge in [-0.15, -0.1) is 0 Å². The number of anilines is 1. The van der Waals surface area contributed by atoms with Crippen LogP contribution in [0.3, 0.4) is 0 Å². The minimum absolute atomic E-state index is 0.0102. The standard InChI is InChI=1S/C18H17Cl3N2O3S/c1-12(24)13-2-4-14(5-3-13)22-6-8-23(9-7-22)27(25,26)18-11-16(20)15(19)10-17(18)21/h2-5,10-11H,6-9H2,1H3. The summed E-state index contributed by atoms with van der Waals surface area (Å²) in [4.78, 5) is 13.4. The van der Waals surface area contributed by atoms with E-state index in [1.54, 1.807) is 12.1 Å². The molecule has 0 bridgehead atoms. The van der Waals surface area contributed by atoms with E-state index in [9.17, 15) is 13.2 Å². The van der Waals surface area contributed by atoms with Crippen LogP contribution in [-0.4, -0.2) is 44.7 Å². The summed E-state index contributed by atoms with van der Waals surface area (Å²) < 4.78 is 27.2. The van der Waals surface area contributed by atoms with Crippen molar-refractivity contribution in [3.63, 3.8) is 0 Å². The smallest absolute Gasteiger partial charge is 0.244 e. The number of halogens is 3. The maximum Gasteiger partial charge on any atom is 0.244 e. The lowest BCUT2D eigenvalue weighted by atomic mass is 10.1. The number of ketones is 1. The first-order chi connectivity index (χ1) is 12.7. The molecule has 27 heavy (non-hydrogen) atoms. The van der Waals surface area contributed by atoms with Gasteiger partial charge in [0.2, 0.25) is 10.0 Å². The van der Waals surface area contributed by atoms with Crippen molar-refractivity contribution in [2.75, 3.05) is 31.1 Å². The molecular formula is C18H17Cl3N2O3S. The van der Waals surface area contributed by atoms with E-state index in [2.05, 4.69) is 4.90 Å². The molecule has 0 atom stereocenters. The highest BCUT2D eigenvalue weighted by Crippen LogP contribution is 2.33. The van der Waals surface area contributed by atoms with Crippen molar-refractivity contribution < 1.29 is 13.2 Å². The number of carbonyl (C=O) groups is 1. The zero-order valence-electron chi connectivity index (χ0n) is 14.5. The highest BCUT2D eigenvalue weighted by atomic mass is 35.5. The molecule has 1 aliphatic rings. The van der Waals surface area contributed by atoms with E-state index < -0.39 is 10.0 Å². The summed E-state index contributed by atoms with van der Waals surface area (Å²) in [6.07, 6.45) is 0. The van der Waals surface area contributed by atoms with Gasteiger partial charge in [0.15, 0.2) is 5.78 Å². The van der Waals surface area contributed by atoms with Crippen LogP contribution in [0, 0.1) is 0 Å². The topological polar surface area (TPSA) is 57.7 Å². The van der Waals surface area contributed by atoms with Crippen molar-refractivity contribution in [1.82, 2.24) is 4.31 Å². The van der Waals surface area contributed by atoms with Gasteiger partial charge in [0.25, 0.3) is 0 Å². The van der Waals surface area contributed by atoms with Crippen molar-refractivity contribution in [2.24, 2.45) is 0 Å². The lowest BCUT2D eigenvalue weighted by Gasteiger charge is -2.35. The van der Waals surface area contributed by atoms with Crippen LogP contribution in [0.25, 0.3) is 0 Å². The number of hydrogen-bond donors (Lipinski definition) is 0. The Bertz CT molecular complexity index is 970. The quantitative estimate of drug-likeness (QED) is 0.516. The average molecular weight is 448 g/mol. The van der Waals surface area contributed by atoms with E-state index in [4.69, 9.17) is 34.8 Å². The number of benzene rings is 2. The minimum Gasteiger partial charge on any atom is -0.369 e. The molecule has 3 rings (SSSR count). The lowest BCUT2D eigenvalue weighted by Crippen LogP contribution is -2.48. The summed E-state index contributed by atoms with van der Waals surface area (Å²) in [5.74, 6) is 0.0102. The molecule has 0 unspecified atom stereocenters. The minimum atomic E-state index is -3.77. The largest absolute Gasteiger partial charge is 0.369 e. The number of piperazine rings is 1. The fourth-order valence-electron chi connectivity index (χ4n) is 2.93. The molecule has 144 valence electrons. The summed E-state index contributed by atoms with van der Waals surface area (Å²) in [5.41, 5.74) is 1.60. The van der Waals surface area contributed by atoms with Crippen LogP contribution in [0.1, 0.15) is 17.3 Å². The molecule has 2 aromatic rings. The predicted molar refractivity (Wildman–Crippen MR) is 109 cm³/mol. The first-order valence-corrected chi connectivity index (χ1v) is 10.8. The normalized spacial score (nSPS) is 15.8. The summed E-state index contributed by atoms with van der Waals surface area (Å²) in [6.45, 7) is 3.20. The maximum atomic E-state index is 12.9. The molecule has 0 saturated carbocycles. The first kappa shape index (κ1) is 20.4. The Morgan fingerprint density at radius 2 is 1.44 bits per heavy atom. The summed E-state index contributed by atoms with van der Waals surface area (Å²) >= 11 is 17.9.